The van der Waals surface area contributed by atoms with Gasteiger partial charge in [-0.15, -0.1) is 0 Å². The van der Waals surface area contributed by atoms with Gasteiger partial charge in [-0.1, -0.05) is 6.92 Å². The first-order valence-corrected chi connectivity index (χ1v) is 4.43. The largest absolute Gasteiger partial charge is 0.390 e. The molecule has 1 aliphatic heterocycles. The molecule has 1 fully saturated rings. The van der Waals surface area contributed by atoms with E-state index in [2.05, 4.69) is 0 Å². The fourth-order valence-corrected chi connectivity index (χ4v) is 1.57. The second-order valence-corrected chi connectivity index (χ2v) is 3.44. The summed E-state index contributed by atoms with van der Waals surface area (Å²) in [5.41, 5.74) is 11.2. The third kappa shape index (κ3) is 2.00. The molecule has 0 spiro atoms. The highest BCUT2D eigenvalue weighted by Gasteiger charge is 2.40. The molecule has 78 valence electrons. The molecule has 1 heterocycles. The highest BCUT2D eigenvalue weighted by atomic mass is 16.7. The first-order valence-electron chi connectivity index (χ1n) is 4.43. The van der Waals surface area contributed by atoms with Crippen LogP contribution in [0.2, 0.25) is 0 Å². The minimum Gasteiger partial charge on any atom is -0.390 e. The van der Waals surface area contributed by atoms with Gasteiger partial charge in [0.2, 0.25) is 0 Å². The molecule has 0 aromatic rings. The molecule has 5 N–H and O–H groups in total. The van der Waals surface area contributed by atoms with Crippen molar-refractivity contribution in [1.29, 1.82) is 0 Å². The number of hydrogen-bond donors (Lipinski definition) is 3. The van der Waals surface area contributed by atoms with E-state index in [1.807, 2.05) is 6.92 Å². The fourth-order valence-electron chi connectivity index (χ4n) is 1.57. The first kappa shape index (κ1) is 10.9. The number of aliphatic hydroxyl groups excluding tert-OH is 1. The van der Waals surface area contributed by atoms with Gasteiger partial charge in [0.1, 0.15) is 0 Å². The Kier molecular flexibility index (Phi) is 3.63. The highest BCUT2D eigenvalue weighted by Crippen LogP contribution is 2.24. The van der Waals surface area contributed by atoms with Crippen molar-refractivity contribution in [3.63, 3.8) is 0 Å². The Morgan fingerprint density at radius 3 is 2.62 bits per heavy atom. The molecular formula is C8H18N2O3. The summed E-state index contributed by atoms with van der Waals surface area (Å²) in [6.07, 6.45) is -1.45. The summed E-state index contributed by atoms with van der Waals surface area (Å²) >= 11 is 0. The second kappa shape index (κ2) is 4.34. The van der Waals surface area contributed by atoms with Gasteiger partial charge < -0.3 is 26.0 Å². The lowest BCUT2D eigenvalue weighted by Gasteiger charge is -2.41. The maximum absolute atomic E-state index is 9.68. The summed E-state index contributed by atoms with van der Waals surface area (Å²) in [7, 11) is 1.53. The average Bonchev–Trinajstić information content (AvgIpc) is 2.15. The third-order valence-corrected chi connectivity index (χ3v) is 2.61. The monoisotopic (exact) mass is 190 g/mol. The zero-order valence-electron chi connectivity index (χ0n) is 8.01. The molecule has 0 amide bonds. The summed E-state index contributed by atoms with van der Waals surface area (Å²) in [6, 6.07) is -0.303. The van der Waals surface area contributed by atoms with Gasteiger partial charge in [-0.25, -0.2) is 0 Å². The molecule has 5 nitrogen and oxygen atoms in total. The molecular weight excluding hydrogens is 172 g/mol. The van der Waals surface area contributed by atoms with Crippen molar-refractivity contribution < 1.29 is 14.6 Å². The van der Waals surface area contributed by atoms with Crippen molar-refractivity contribution in [1.82, 2.24) is 0 Å². The van der Waals surface area contributed by atoms with E-state index in [-0.39, 0.29) is 24.6 Å². The van der Waals surface area contributed by atoms with Crippen molar-refractivity contribution in [3.8, 4) is 0 Å². The van der Waals surface area contributed by atoms with Gasteiger partial charge >= 0.3 is 0 Å². The molecule has 2 unspecified atom stereocenters. The Balaban J connectivity index is 2.66. The molecule has 0 aromatic carbocycles. The average molecular weight is 190 g/mol. The number of methoxy groups -OCH3 is 1. The van der Waals surface area contributed by atoms with Crippen LogP contribution >= 0.6 is 0 Å². The van der Waals surface area contributed by atoms with Crippen LogP contribution in [0.15, 0.2) is 0 Å². The van der Waals surface area contributed by atoms with Gasteiger partial charge in [-0.05, 0) is 0 Å². The van der Waals surface area contributed by atoms with E-state index < -0.39 is 12.4 Å². The van der Waals surface area contributed by atoms with Crippen LogP contribution in [-0.2, 0) is 9.47 Å². The fraction of sp³-hybridized carbons (Fsp3) is 1.00. The van der Waals surface area contributed by atoms with Crippen LogP contribution < -0.4 is 11.5 Å². The van der Waals surface area contributed by atoms with Crippen molar-refractivity contribution in [2.75, 3.05) is 13.7 Å². The number of hydrogen-bond acceptors (Lipinski definition) is 5. The molecule has 0 radical (unpaired) electrons. The Bertz CT molecular complexity index is 147. The summed E-state index contributed by atoms with van der Waals surface area (Å²) < 4.78 is 10.4. The van der Waals surface area contributed by atoms with Gasteiger partial charge in [0.25, 0.3) is 0 Å². The van der Waals surface area contributed by atoms with Crippen molar-refractivity contribution in [2.45, 2.75) is 31.5 Å². The Morgan fingerprint density at radius 1 is 1.54 bits per heavy atom. The lowest BCUT2D eigenvalue weighted by molar-refractivity contribution is -0.233. The predicted molar refractivity (Wildman–Crippen MR) is 47.9 cm³/mol. The molecule has 0 saturated carbocycles. The van der Waals surface area contributed by atoms with Crippen LogP contribution in [0.1, 0.15) is 6.92 Å². The van der Waals surface area contributed by atoms with E-state index in [1.165, 1.54) is 7.11 Å². The van der Waals surface area contributed by atoms with Gasteiger partial charge in [0.15, 0.2) is 6.29 Å². The van der Waals surface area contributed by atoms with Crippen LogP contribution in [0.5, 0.6) is 0 Å². The Hall–Kier alpha value is -0.200. The smallest absolute Gasteiger partial charge is 0.173 e. The molecule has 0 aliphatic carbocycles. The summed E-state index contributed by atoms with van der Waals surface area (Å²) in [4.78, 5) is 0. The molecule has 0 aromatic heterocycles. The lowest BCUT2D eigenvalue weighted by atomic mass is 9.89. The quantitative estimate of drug-likeness (QED) is 0.500. The van der Waals surface area contributed by atoms with Gasteiger partial charge in [0, 0.05) is 19.6 Å². The maximum Gasteiger partial charge on any atom is 0.173 e. The van der Waals surface area contributed by atoms with Crippen molar-refractivity contribution in [3.05, 3.63) is 0 Å². The van der Waals surface area contributed by atoms with Crippen molar-refractivity contribution in [2.24, 2.45) is 17.4 Å². The van der Waals surface area contributed by atoms with Crippen LogP contribution in [0.4, 0.5) is 0 Å². The van der Waals surface area contributed by atoms with Crippen molar-refractivity contribution >= 4 is 0 Å². The van der Waals surface area contributed by atoms with E-state index >= 15 is 0 Å². The molecule has 1 rings (SSSR count). The Morgan fingerprint density at radius 2 is 2.15 bits per heavy atom. The summed E-state index contributed by atoms with van der Waals surface area (Å²) in [5, 5.41) is 9.68. The lowest BCUT2D eigenvalue weighted by Crippen LogP contribution is -2.59. The molecule has 1 saturated heterocycles. The number of aliphatic hydroxyl groups is 1. The summed E-state index contributed by atoms with van der Waals surface area (Å²) in [6.45, 7) is 2.14. The second-order valence-electron chi connectivity index (χ2n) is 3.44. The number of rotatable bonds is 2. The van der Waals surface area contributed by atoms with Crippen LogP contribution in [0.25, 0.3) is 0 Å². The number of ether oxygens (including phenoxy) is 2. The van der Waals surface area contributed by atoms with Gasteiger partial charge in [0.05, 0.1) is 18.2 Å². The highest BCUT2D eigenvalue weighted by molar-refractivity contribution is 4.89. The van der Waals surface area contributed by atoms with Crippen LogP contribution in [0.3, 0.4) is 0 Å². The summed E-state index contributed by atoms with van der Waals surface area (Å²) in [5.74, 6) is -0.0627. The molecule has 5 heteroatoms. The SMILES string of the molecule is CO[C@@H]1OC(CN)[C@H](O)C(C)[C@H]1N. The topological polar surface area (TPSA) is 90.7 Å². The van der Waals surface area contributed by atoms with E-state index in [9.17, 15) is 5.11 Å². The molecule has 0 bridgehead atoms. The minimum absolute atomic E-state index is 0.0627. The zero-order valence-corrected chi connectivity index (χ0v) is 8.01. The normalized spacial score (nSPS) is 46.4. The molecule has 1 aliphatic rings. The maximum atomic E-state index is 9.68. The predicted octanol–water partition coefficient (Wildman–Crippen LogP) is -1.36. The Labute approximate surface area is 78.0 Å². The third-order valence-electron chi connectivity index (χ3n) is 2.61. The zero-order chi connectivity index (χ0) is 10.0. The standard InChI is InChI=1S/C8H18N2O3/c1-4-6(10)8(12-2)13-5(3-9)7(4)11/h4-8,11H,3,9-10H2,1-2H3/t4?,5?,6-,7-,8-/m1/s1. The van der Waals surface area contributed by atoms with E-state index in [0.717, 1.165) is 0 Å². The first-order chi connectivity index (χ1) is 6.11. The van der Waals surface area contributed by atoms with E-state index in [1.54, 1.807) is 0 Å². The van der Waals surface area contributed by atoms with Crippen LogP contribution in [0, 0.1) is 5.92 Å². The van der Waals surface area contributed by atoms with Gasteiger partial charge in [-0.2, -0.15) is 0 Å². The molecule has 5 atom stereocenters. The van der Waals surface area contributed by atoms with E-state index in [4.69, 9.17) is 20.9 Å². The van der Waals surface area contributed by atoms with Gasteiger partial charge in [-0.3, -0.25) is 0 Å². The number of nitrogens with two attached hydrogens (primary N) is 2. The van der Waals surface area contributed by atoms with Crippen LogP contribution in [-0.4, -0.2) is 43.3 Å². The molecule has 13 heavy (non-hydrogen) atoms. The van der Waals surface area contributed by atoms with E-state index in [0.29, 0.717) is 0 Å². The minimum atomic E-state index is -0.605.